The number of anilines is 1. The number of rotatable bonds is 8. The second-order valence-corrected chi connectivity index (χ2v) is 11.6. The van der Waals surface area contributed by atoms with Gasteiger partial charge >= 0.3 is 0 Å². The highest BCUT2D eigenvalue weighted by atomic mass is 35.5. The monoisotopic (exact) mass is 551 g/mol. The van der Waals surface area contributed by atoms with Crippen molar-refractivity contribution in [2.75, 3.05) is 24.4 Å². The first-order valence-electron chi connectivity index (χ1n) is 11.5. The van der Waals surface area contributed by atoms with E-state index in [-0.39, 0.29) is 41.0 Å². The molecule has 0 amide bonds. The average molecular weight is 552 g/mol. The minimum Gasteiger partial charge on any atom is -0.491 e. The Kier molecular flexibility index (Phi) is 7.30. The number of benzene rings is 2. The van der Waals surface area contributed by atoms with Gasteiger partial charge in [0.2, 0.25) is 0 Å². The highest BCUT2D eigenvalue weighted by Crippen LogP contribution is 2.39. The van der Waals surface area contributed by atoms with Crippen LogP contribution in [0, 0.1) is 17.6 Å². The Labute approximate surface area is 217 Å². The molecule has 1 aliphatic carbocycles. The molecule has 2 atom stereocenters. The molecule has 0 bridgehead atoms. The molecule has 2 aliphatic rings. The number of nitrogens with zero attached hydrogens (tertiary/aromatic N) is 2. The van der Waals surface area contributed by atoms with Gasteiger partial charge in [0.05, 0.1) is 17.1 Å². The summed E-state index contributed by atoms with van der Waals surface area (Å²) in [4.78, 5) is 5.69. The molecule has 36 heavy (non-hydrogen) atoms. The van der Waals surface area contributed by atoms with Crippen LogP contribution in [-0.2, 0) is 10.0 Å². The fourth-order valence-electron chi connectivity index (χ4n) is 4.72. The van der Waals surface area contributed by atoms with Crippen molar-refractivity contribution in [2.45, 2.75) is 30.2 Å². The van der Waals surface area contributed by atoms with Crippen LogP contribution >= 0.6 is 22.9 Å². The average Bonchev–Trinajstić information content (AvgIpc) is 3.31. The quantitative estimate of drug-likeness (QED) is 0.382. The zero-order valence-corrected chi connectivity index (χ0v) is 21.6. The van der Waals surface area contributed by atoms with E-state index in [9.17, 15) is 17.2 Å². The third kappa shape index (κ3) is 5.27. The summed E-state index contributed by atoms with van der Waals surface area (Å²) in [6, 6.07) is 8.67. The van der Waals surface area contributed by atoms with E-state index in [1.807, 2.05) is 0 Å². The maximum Gasteiger partial charge on any atom is 0.266 e. The third-order valence-corrected chi connectivity index (χ3v) is 8.85. The van der Waals surface area contributed by atoms with Gasteiger partial charge in [0.25, 0.3) is 10.0 Å². The number of hydrogen-bond donors (Lipinski definition) is 1. The Bertz CT molecular complexity index is 1360. The van der Waals surface area contributed by atoms with Crippen molar-refractivity contribution in [2.24, 2.45) is 5.92 Å². The summed E-state index contributed by atoms with van der Waals surface area (Å²) in [5, 5.41) is 1.48. The van der Waals surface area contributed by atoms with Crippen molar-refractivity contribution in [1.82, 2.24) is 9.88 Å². The Hall–Kier alpha value is -2.53. The van der Waals surface area contributed by atoms with Gasteiger partial charge in [-0.3, -0.25) is 9.62 Å². The molecule has 1 N–H and O–H groups in total. The van der Waals surface area contributed by atoms with Gasteiger partial charge in [0.15, 0.2) is 5.82 Å². The number of halogens is 3. The Morgan fingerprint density at radius 3 is 2.64 bits per heavy atom. The Balaban J connectivity index is 1.38. The summed E-state index contributed by atoms with van der Waals surface area (Å²) >= 11 is 7.56. The van der Waals surface area contributed by atoms with E-state index in [0.29, 0.717) is 0 Å². The van der Waals surface area contributed by atoms with E-state index in [1.165, 1.54) is 34.4 Å². The standard InChI is InChI=1S/C25H24ClF2N3O3S2/c26-20-11-24(36(32,33)30-25-14-35-15-29-25)21(28)12-23(20)34-13-19-18(16-5-7-17(27)8-6-16)3-1-4-22(19)31-9-2-10-31/h3,5-8,11-12,14-15,19,22,30H,1-2,4,9-10,13H2/t19?,22-/m1/s1. The lowest BCUT2D eigenvalue weighted by Crippen LogP contribution is -2.51. The number of likely N-dealkylation sites (tertiary alicyclic amines) is 1. The summed E-state index contributed by atoms with van der Waals surface area (Å²) in [6.45, 7) is 2.23. The number of allylic oxidation sites excluding steroid dienone is 1. The van der Waals surface area contributed by atoms with Crippen LogP contribution in [-0.4, -0.2) is 44.0 Å². The molecule has 1 fully saturated rings. The van der Waals surface area contributed by atoms with Crippen LogP contribution < -0.4 is 9.46 Å². The minimum atomic E-state index is -4.22. The van der Waals surface area contributed by atoms with Crippen LogP contribution in [0.3, 0.4) is 0 Å². The molecule has 1 saturated heterocycles. The van der Waals surface area contributed by atoms with Crippen LogP contribution in [0.25, 0.3) is 5.57 Å². The van der Waals surface area contributed by atoms with Gasteiger partial charge in [-0.2, -0.15) is 0 Å². The van der Waals surface area contributed by atoms with Crippen LogP contribution in [0.1, 0.15) is 24.8 Å². The molecule has 1 aliphatic heterocycles. The molecule has 2 aromatic carbocycles. The lowest BCUT2D eigenvalue weighted by molar-refractivity contribution is 0.0683. The summed E-state index contributed by atoms with van der Waals surface area (Å²) in [5.41, 5.74) is 3.44. The molecule has 190 valence electrons. The minimum absolute atomic E-state index is 0.0151. The number of nitrogens with one attached hydrogen (secondary N) is 1. The zero-order valence-electron chi connectivity index (χ0n) is 19.2. The highest BCUT2D eigenvalue weighted by molar-refractivity contribution is 7.92. The molecular formula is C25H24ClF2N3O3S2. The van der Waals surface area contributed by atoms with E-state index >= 15 is 0 Å². The number of ether oxygens (including phenoxy) is 1. The molecule has 6 nitrogen and oxygen atoms in total. The van der Waals surface area contributed by atoms with Crippen molar-refractivity contribution in [3.8, 4) is 5.75 Å². The van der Waals surface area contributed by atoms with E-state index < -0.39 is 20.7 Å². The Morgan fingerprint density at radius 1 is 1.19 bits per heavy atom. The summed E-state index contributed by atoms with van der Waals surface area (Å²) in [6.07, 6.45) is 5.15. The maximum atomic E-state index is 14.9. The maximum absolute atomic E-state index is 14.9. The second kappa shape index (κ2) is 10.5. The normalized spacial score (nSPS) is 20.5. The first kappa shape index (κ1) is 25.1. The number of hydrogen-bond acceptors (Lipinski definition) is 6. The van der Waals surface area contributed by atoms with Crippen LogP contribution in [0.15, 0.2) is 58.3 Å². The van der Waals surface area contributed by atoms with E-state index in [1.54, 1.807) is 12.1 Å². The molecule has 0 saturated carbocycles. The summed E-state index contributed by atoms with van der Waals surface area (Å²) < 4.78 is 62.0. The smallest absolute Gasteiger partial charge is 0.266 e. The lowest BCUT2D eigenvalue weighted by atomic mass is 9.79. The van der Waals surface area contributed by atoms with Crippen molar-refractivity contribution in [3.05, 3.63) is 75.6 Å². The highest BCUT2D eigenvalue weighted by Gasteiger charge is 2.36. The topological polar surface area (TPSA) is 71.5 Å². The molecule has 1 unspecified atom stereocenters. The van der Waals surface area contributed by atoms with E-state index in [0.717, 1.165) is 55.6 Å². The largest absolute Gasteiger partial charge is 0.491 e. The van der Waals surface area contributed by atoms with Crippen molar-refractivity contribution in [3.63, 3.8) is 0 Å². The van der Waals surface area contributed by atoms with Crippen molar-refractivity contribution < 1.29 is 21.9 Å². The SMILES string of the molecule is O=S(=O)(Nc1cscn1)c1cc(Cl)c(OCC2C(c3ccc(F)cc3)=CCC[C@H]2N2CCC2)cc1F. The molecule has 0 spiro atoms. The van der Waals surface area contributed by atoms with E-state index in [2.05, 4.69) is 20.7 Å². The van der Waals surface area contributed by atoms with Crippen molar-refractivity contribution in [1.29, 1.82) is 0 Å². The molecule has 2 heterocycles. The van der Waals surface area contributed by atoms with Gasteiger partial charge in [0, 0.05) is 23.4 Å². The summed E-state index contributed by atoms with van der Waals surface area (Å²) in [5.74, 6) is -1.16. The van der Waals surface area contributed by atoms with Gasteiger partial charge in [0.1, 0.15) is 22.3 Å². The fraction of sp³-hybridized carbons (Fsp3) is 0.320. The van der Waals surface area contributed by atoms with Gasteiger partial charge in [-0.05, 0) is 61.7 Å². The molecule has 0 radical (unpaired) electrons. The zero-order chi connectivity index (χ0) is 25.3. The van der Waals surface area contributed by atoms with Crippen molar-refractivity contribution >= 4 is 44.4 Å². The predicted molar refractivity (Wildman–Crippen MR) is 137 cm³/mol. The second-order valence-electron chi connectivity index (χ2n) is 8.81. The first-order valence-corrected chi connectivity index (χ1v) is 14.3. The first-order chi connectivity index (χ1) is 17.3. The van der Waals surface area contributed by atoms with Gasteiger partial charge < -0.3 is 4.74 Å². The number of thiazole rings is 1. The van der Waals surface area contributed by atoms with Crippen LogP contribution in [0.4, 0.5) is 14.6 Å². The number of sulfonamides is 1. The molecular weight excluding hydrogens is 528 g/mol. The summed E-state index contributed by atoms with van der Waals surface area (Å²) in [7, 11) is -4.22. The Morgan fingerprint density at radius 2 is 1.97 bits per heavy atom. The van der Waals surface area contributed by atoms with Gasteiger partial charge in [-0.1, -0.05) is 29.8 Å². The lowest BCUT2D eigenvalue weighted by Gasteiger charge is -2.45. The third-order valence-electron chi connectivity index (χ3n) is 6.59. The van der Waals surface area contributed by atoms with Gasteiger partial charge in [-0.25, -0.2) is 22.2 Å². The van der Waals surface area contributed by atoms with Crippen LogP contribution in [0.2, 0.25) is 5.02 Å². The fourth-order valence-corrected chi connectivity index (χ4v) is 6.64. The molecule has 11 heteroatoms. The van der Waals surface area contributed by atoms with Crippen LogP contribution in [0.5, 0.6) is 5.75 Å². The van der Waals surface area contributed by atoms with Gasteiger partial charge in [-0.15, -0.1) is 11.3 Å². The molecule has 5 rings (SSSR count). The predicted octanol–water partition coefficient (Wildman–Crippen LogP) is 5.82. The number of aromatic nitrogens is 1. The molecule has 3 aromatic rings. The van der Waals surface area contributed by atoms with E-state index in [4.69, 9.17) is 16.3 Å². The molecule has 1 aromatic heterocycles.